The largest absolute Gasteiger partial charge is 0.497 e. The van der Waals surface area contributed by atoms with Crippen LogP contribution in [0.1, 0.15) is 23.2 Å². The normalized spacial score (nSPS) is 20.0. The first-order chi connectivity index (χ1) is 15.6. The van der Waals surface area contributed by atoms with Gasteiger partial charge in [0.05, 0.1) is 7.11 Å². The molecule has 2 aliphatic rings. The molecule has 164 valence electrons. The van der Waals surface area contributed by atoms with Gasteiger partial charge in [-0.2, -0.15) is 0 Å². The van der Waals surface area contributed by atoms with Gasteiger partial charge in [-0.1, -0.05) is 6.07 Å². The molecule has 2 saturated heterocycles. The molecule has 2 aromatic carbocycles. The third-order valence-corrected chi connectivity index (χ3v) is 6.69. The number of pyridine rings is 1. The number of amides is 1. The number of anilines is 3. The molecule has 3 heterocycles. The van der Waals surface area contributed by atoms with Crippen molar-refractivity contribution in [2.75, 3.05) is 48.4 Å². The van der Waals surface area contributed by atoms with Crippen molar-refractivity contribution >= 4 is 23.1 Å². The van der Waals surface area contributed by atoms with Gasteiger partial charge in [-0.05, 0) is 73.5 Å². The van der Waals surface area contributed by atoms with E-state index in [1.54, 1.807) is 31.4 Å². The van der Waals surface area contributed by atoms with Crippen LogP contribution in [0.2, 0.25) is 0 Å². The summed E-state index contributed by atoms with van der Waals surface area (Å²) in [6.45, 7) is 4.26. The summed E-state index contributed by atoms with van der Waals surface area (Å²) >= 11 is 0. The lowest BCUT2D eigenvalue weighted by Crippen LogP contribution is -2.31. The summed E-state index contributed by atoms with van der Waals surface area (Å²) in [5, 5.41) is 2.97. The van der Waals surface area contributed by atoms with E-state index in [2.05, 4.69) is 44.4 Å². The van der Waals surface area contributed by atoms with E-state index in [4.69, 9.17) is 4.74 Å². The Morgan fingerprint density at radius 1 is 0.938 bits per heavy atom. The van der Waals surface area contributed by atoms with Crippen molar-refractivity contribution in [3.63, 3.8) is 0 Å². The number of rotatable bonds is 5. The SMILES string of the molecule is COc1ccc(C(=O)Nc2ccc(N3CCC4(CCN(c5ccccn5)C4)C3)cc2)cc1. The molecular weight excluding hydrogens is 400 g/mol. The van der Waals surface area contributed by atoms with Crippen molar-refractivity contribution in [2.24, 2.45) is 5.41 Å². The lowest BCUT2D eigenvalue weighted by Gasteiger charge is -2.26. The first-order valence-electron chi connectivity index (χ1n) is 11.1. The summed E-state index contributed by atoms with van der Waals surface area (Å²) < 4.78 is 5.15. The monoisotopic (exact) mass is 428 g/mol. The minimum absolute atomic E-state index is 0.124. The average molecular weight is 429 g/mol. The first kappa shape index (κ1) is 20.4. The molecule has 1 atom stereocenters. The number of benzene rings is 2. The number of carbonyl (C=O) groups excluding carboxylic acids is 1. The molecule has 0 bridgehead atoms. The second-order valence-corrected chi connectivity index (χ2v) is 8.76. The van der Waals surface area contributed by atoms with E-state index in [9.17, 15) is 4.79 Å². The molecule has 5 rings (SSSR count). The molecular formula is C26H28N4O2. The third kappa shape index (κ3) is 4.13. The van der Waals surface area contributed by atoms with Gasteiger partial charge in [0.1, 0.15) is 11.6 Å². The molecule has 3 aromatic rings. The standard InChI is InChI=1S/C26H28N4O2/c1-32-23-11-5-20(6-12-23)25(31)28-21-7-9-22(10-8-21)29-16-13-26(18-29)14-17-30(19-26)24-4-2-3-15-27-24/h2-12,15H,13-14,16-19H2,1H3,(H,28,31). The highest BCUT2D eigenvalue weighted by atomic mass is 16.5. The smallest absolute Gasteiger partial charge is 0.255 e. The van der Waals surface area contributed by atoms with E-state index in [1.807, 2.05) is 24.4 Å². The number of ether oxygens (including phenoxy) is 1. The number of hydrogen-bond acceptors (Lipinski definition) is 5. The van der Waals surface area contributed by atoms with Crippen molar-refractivity contribution in [1.82, 2.24) is 4.98 Å². The molecule has 1 unspecified atom stereocenters. The molecule has 0 radical (unpaired) electrons. The molecule has 6 heteroatoms. The number of hydrogen-bond donors (Lipinski definition) is 1. The second-order valence-electron chi connectivity index (χ2n) is 8.76. The predicted octanol–water partition coefficient (Wildman–Crippen LogP) is 4.45. The van der Waals surface area contributed by atoms with Gasteiger partial charge in [-0.25, -0.2) is 4.98 Å². The van der Waals surface area contributed by atoms with E-state index in [0.29, 0.717) is 11.0 Å². The zero-order valence-electron chi connectivity index (χ0n) is 18.3. The van der Waals surface area contributed by atoms with Gasteiger partial charge in [0.2, 0.25) is 0 Å². The van der Waals surface area contributed by atoms with Gasteiger partial charge in [-0.3, -0.25) is 4.79 Å². The van der Waals surface area contributed by atoms with Crippen molar-refractivity contribution in [3.05, 3.63) is 78.5 Å². The maximum Gasteiger partial charge on any atom is 0.255 e. The molecule has 32 heavy (non-hydrogen) atoms. The lowest BCUT2D eigenvalue weighted by molar-refractivity contribution is 0.102. The summed E-state index contributed by atoms with van der Waals surface area (Å²) in [4.78, 5) is 21.9. The quantitative estimate of drug-likeness (QED) is 0.651. The topological polar surface area (TPSA) is 57.7 Å². The maximum absolute atomic E-state index is 12.5. The van der Waals surface area contributed by atoms with Crippen LogP contribution in [-0.2, 0) is 0 Å². The highest BCUT2D eigenvalue weighted by Gasteiger charge is 2.43. The summed E-state index contributed by atoms with van der Waals surface area (Å²) in [6.07, 6.45) is 4.28. The summed E-state index contributed by atoms with van der Waals surface area (Å²) in [5.74, 6) is 1.69. The Balaban J connectivity index is 1.20. The van der Waals surface area contributed by atoms with Gasteiger partial charge in [-0.15, -0.1) is 0 Å². The highest BCUT2D eigenvalue weighted by molar-refractivity contribution is 6.04. The number of nitrogens with one attached hydrogen (secondary N) is 1. The van der Waals surface area contributed by atoms with Crippen LogP contribution in [0.5, 0.6) is 5.75 Å². The van der Waals surface area contributed by atoms with Gasteiger partial charge < -0.3 is 19.9 Å². The highest BCUT2D eigenvalue weighted by Crippen LogP contribution is 2.42. The predicted molar refractivity (Wildman–Crippen MR) is 128 cm³/mol. The van der Waals surface area contributed by atoms with E-state index in [1.165, 1.54) is 18.5 Å². The van der Waals surface area contributed by atoms with Gasteiger partial charge >= 0.3 is 0 Å². The molecule has 6 nitrogen and oxygen atoms in total. The summed E-state index contributed by atoms with van der Waals surface area (Å²) in [6, 6.07) is 21.4. The molecule has 1 N–H and O–H groups in total. The number of methoxy groups -OCH3 is 1. The number of carbonyl (C=O) groups is 1. The van der Waals surface area contributed by atoms with E-state index >= 15 is 0 Å². The van der Waals surface area contributed by atoms with Crippen LogP contribution in [0.3, 0.4) is 0 Å². The van der Waals surface area contributed by atoms with E-state index in [0.717, 1.165) is 43.4 Å². The Bertz CT molecular complexity index is 1070. The van der Waals surface area contributed by atoms with Crippen LogP contribution in [0.15, 0.2) is 72.9 Å². The van der Waals surface area contributed by atoms with Crippen LogP contribution >= 0.6 is 0 Å². The Morgan fingerprint density at radius 2 is 1.66 bits per heavy atom. The fourth-order valence-corrected chi connectivity index (χ4v) is 4.86. The Morgan fingerprint density at radius 3 is 2.34 bits per heavy atom. The molecule has 2 aliphatic heterocycles. The van der Waals surface area contributed by atoms with Gasteiger partial charge in [0.15, 0.2) is 0 Å². The Hall–Kier alpha value is -3.54. The van der Waals surface area contributed by atoms with Crippen molar-refractivity contribution in [1.29, 1.82) is 0 Å². The van der Waals surface area contributed by atoms with E-state index < -0.39 is 0 Å². The molecule has 0 aliphatic carbocycles. The van der Waals surface area contributed by atoms with Crippen molar-refractivity contribution < 1.29 is 9.53 Å². The van der Waals surface area contributed by atoms with Crippen LogP contribution in [0.4, 0.5) is 17.2 Å². The molecule has 1 amide bonds. The minimum Gasteiger partial charge on any atom is -0.497 e. The fraction of sp³-hybridized carbons (Fsp3) is 0.308. The second kappa shape index (κ2) is 8.54. The van der Waals surface area contributed by atoms with Crippen LogP contribution in [0.25, 0.3) is 0 Å². The molecule has 1 spiro atoms. The zero-order valence-corrected chi connectivity index (χ0v) is 18.3. The van der Waals surface area contributed by atoms with Crippen molar-refractivity contribution in [2.45, 2.75) is 12.8 Å². The number of nitrogens with zero attached hydrogens (tertiary/aromatic N) is 3. The Kier molecular flexibility index (Phi) is 5.43. The average Bonchev–Trinajstić information content (AvgIpc) is 3.47. The summed E-state index contributed by atoms with van der Waals surface area (Å²) in [5.41, 5.74) is 2.94. The first-order valence-corrected chi connectivity index (χ1v) is 11.1. The molecule has 1 aromatic heterocycles. The van der Waals surface area contributed by atoms with E-state index in [-0.39, 0.29) is 5.91 Å². The van der Waals surface area contributed by atoms with Crippen LogP contribution in [0, 0.1) is 5.41 Å². The number of aromatic nitrogens is 1. The summed E-state index contributed by atoms with van der Waals surface area (Å²) in [7, 11) is 1.61. The zero-order chi connectivity index (χ0) is 22.0. The van der Waals surface area contributed by atoms with Crippen molar-refractivity contribution in [3.8, 4) is 5.75 Å². The lowest BCUT2D eigenvalue weighted by atomic mass is 9.86. The third-order valence-electron chi connectivity index (χ3n) is 6.69. The molecule has 0 saturated carbocycles. The Labute approximate surface area is 188 Å². The van der Waals surface area contributed by atoms with Gasteiger partial charge in [0, 0.05) is 54.7 Å². The van der Waals surface area contributed by atoms with Crippen LogP contribution < -0.4 is 19.9 Å². The molecule has 2 fully saturated rings. The van der Waals surface area contributed by atoms with Crippen LogP contribution in [-0.4, -0.2) is 44.2 Å². The minimum atomic E-state index is -0.124. The maximum atomic E-state index is 12.5. The fourth-order valence-electron chi connectivity index (χ4n) is 4.86. The van der Waals surface area contributed by atoms with Gasteiger partial charge in [0.25, 0.3) is 5.91 Å².